The van der Waals surface area contributed by atoms with Crippen LogP contribution in [0.2, 0.25) is 5.02 Å². The van der Waals surface area contributed by atoms with Gasteiger partial charge in [0.1, 0.15) is 11.4 Å². The summed E-state index contributed by atoms with van der Waals surface area (Å²) in [6.45, 7) is 1.70. The van der Waals surface area contributed by atoms with Crippen LogP contribution in [0.3, 0.4) is 0 Å². The molecular weight excluding hydrogens is 246 g/mol. The van der Waals surface area contributed by atoms with Gasteiger partial charge in [0, 0.05) is 16.7 Å². The molecule has 1 aromatic carbocycles. The molecule has 17 heavy (non-hydrogen) atoms. The minimum atomic E-state index is -1.22. The lowest BCUT2D eigenvalue weighted by molar-refractivity contribution is 0.0652. The van der Waals surface area contributed by atoms with Crippen LogP contribution >= 0.6 is 11.6 Å². The third-order valence-corrected chi connectivity index (χ3v) is 2.76. The molecule has 0 saturated heterocycles. The number of rotatable bonds is 2. The number of phenols is 1. The zero-order valence-electron chi connectivity index (χ0n) is 8.77. The number of hydrogen-bond acceptors (Lipinski definition) is 4. The highest BCUT2D eigenvalue weighted by molar-refractivity contribution is 6.31. The maximum atomic E-state index is 10.7. The van der Waals surface area contributed by atoms with Gasteiger partial charge in [0.2, 0.25) is 5.76 Å². The Kier molecular flexibility index (Phi) is 2.77. The Morgan fingerprint density at radius 2 is 2.18 bits per heavy atom. The van der Waals surface area contributed by atoms with Gasteiger partial charge in [-0.15, -0.1) is 0 Å². The van der Waals surface area contributed by atoms with Crippen molar-refractivity contribution in [3.8, 4) is 17.0 Å². The van der Waals surface area contributed by atoms with Crippen LogP contribution in [0.5, 0.6) is 5.75 Å². The fraction of sp³-hybridized carbons (Fsp3) is 0.0909. The first kappa shape index (κ1) is 11.5. The predicted molar refractivity (Wildman–Crippen MR) is 60.3 cm³/mol. The maximum Gasteiger partial charge on any atom is 0.374 e. The SMILES string of the molecule is Cc1c(Cl)ccc(O)c1-c1cc(C(=O)O)on1. The van der Waals surface area contributed by atoms with Crippen molar-refractivity contribution in [2.75, 3.05) is 0 Å². The Balaban J connectivity index is 2.60. The third-order valence-electron chi connectivity index (χ3n) is 2.35. The zero-order chi connectivity index (χ0) is 12.6. The lowest BCUT2D eigenvalue weighted by Crippen LogP contribution is -1.91. The molecule has 2 rings (SSSR count). The van der Waals surface area contributed by atoms with Crippen molar-refractivity contribution in [1.82, 2.24) is 5.16 Å². The van der Waals surface area contributed by atoms with Crippen LogP contribution in [-0.2, 0) is 0 Å². The quantitative estimate of drug-likeness (QED) is 0.860. The van der Waals surface area contributed by atoms with Gasteiger partial charge < -0.3 is 14.7 Å². The summed E-state index contributed by atoms with van der Waals surface area (Å²) in [6, 6.07) is 4.20. The van der Waals surface area contributed by atoms with Crippen LogP contribution in [0.25, 0.3) is 11.3 Å². The molecule has 0 spiro atoms. The van der Waals surface area contributed by atoms with Gasteiger partial charge in [-0.05, 0) is 24.6 Å². The molecule has 0 aliphatic carbocycles. The molecule has 0 radical (unpaired) electrons. The van der Waals surface area contributed by atoms with Crippen molar-refractivity contribution in [3.63, 3.8) is 0 Å². The Morgan fingerprint density at radius 3 is 2.76 bits per heavy atom. The topological polar surface area (TPSA) is 83.6 Å². The summed E-state index contributed by atoms with van der Waals surface area (Å²) in [5.74, 6) is -1.54. The van der Waals surface area contributed by atoms with Gasteiger partial charge in [0.15, 0.2) is 0 Å². The minimum absolute atomic E-state index is 0.0304. The van der Waals surface area contributed by atoms with Crippen LogP contribution in [0.1, 0.15) is 16.1 Å². The largest absolute Gasteiger partial charge is 0.507 e. The standard InChI is InChI=1S/C11H8ClNO4/c1-5-6(12)2-3-8(14)10(5)7-4-9(11(15)16)17-13-7/h2-4,14H,1H3,(H,15,16). The van der Waals surface area contributed by atoms with E-state index in [0.29, 0.717) is 16.1 Å². The molecule has 0 bridgehead atoms. The summed E-state index contributed by atoms with van der Waals surface area (Å²) in [4.78, 5) is 10.7. The highest BCUT2D eigenvalue weighted by Crippen LogP contribution is 2.35. The first-order valence-corrected chi connectivity index (χ1v) is 5.07. The lowest BCUT2D eigenvalue weighted by Gasteiger charge is -2.06. The number of phenolic OH excluding ortho intramolecular Hbond substituents is 1. The van der Waals surface area contributed by atoms with Gasteiger partial charge in [0.25, 0.3) is 0 Å². The van der Waals surface area contributed by atoms with Crippen molar-refractivity contribution in [2.24, 2.45) is 0 Å². The molecule has 0 unspecified atom stereocenters. The molecule has 1 heterocycles. The number of benzene rings is 1. The van der Waals surface area contributed by atoms with Crippen LogP contribution in [-0.4, -0.2) is 21.3 Å². The van der Waals surface area contributed by atoms with Crippen LogP contribution in [0.4, 0.5) is 0 Å². The second kappa shape index (κ2) is 4.10. The number of halogens is 1. The molecule has 1 aromatic heterocycles. The van der Waals surface area contributed by atoms with Gasteiger partial charge in [-0.25, -0.2) is 4.79 Å². The highest BCUT2D eigenvalue weighted by Gasteiger charge is 2.17. The molecule has 0 atom stereocenters. The highest BCUT2D eigenvalue weighted by atomic mass is 35.5. The van der Waals surface area contributed by atoms with Crippen LogP contribution < -0.4 is 0 Å². The molecule has 88 valence electrons. The number of carbonyl (C=O) groups is 1. The number of carboxylic acid groups (broad SMARTS) is 1. The molecule has 2 aromatic rings. The van der Waals surface area contributed by atoms with Crippen molar-refractivity contribution in [2.45, 2.75) is 6.92 Å². The van der Waals surface area contributed by atoms with Gasteiger partial charge in [-0.2, -0.15) is 0 Å². The normalized spacial score (nSPS) is 10.5. The zero-order valence-corrected chi connectivity index (χ0v) is 9.52. The molecule has 0 fully saturated rings. The number of nitrogens with zero attached hydrogens (tertiary/aromatic N) is 1. The fourth-order valence-corrected chi connectivity index (χ4v) is 1.65. The summed E-state index contributed by atoms with van der Waals surface area (Å²) in [5.41, 5.74) is 1.21. The minimum Gasteiger partial charge on any atom is -0.507 e. The molecule has 0 aliphatic heterocycles. The summed E-state index contributed by atoms with van der Waals surface area (Å²) in [7, 11) is 0. The van der Waals surface area contributed by atoms with Gasteiger partial charge in [-0.1, -0.05) is 16.8 Å². The van der Waals surface area contributed by atoms with Crippen molar-refractivity contribution >= 4 is 17.6 Å². The number of hydrogen-bond donors (Lipinski definition) is 2. The monoisotopic (exact) mass is 253 g/mol. The van der Waals surface area contributed by atoms with Gasteiger partial charge in [0.05, 0.1) is 0 Å². The van der Waals surface area contributed by atoms with E-state index in [1.54, 1.807) is 13.0 Å². The first-order valence-electron chi connectivity index (χ1n) is 4.69. The fourth-order valence-electron chi connectivity index (χ4n) is 1.49. The van der Waals surface area contributed by atoms with E-state index >= 15 is 0 Å². The van der Waals surface area contributed by atoms with E-state index in [1.165, 1.54) is 12.1 Å². The first-order chi connectivity index (χ1) is 8.00. The Bertz CT molecular complexity index is 591. The lowest BCUT2D eigenvalue weighted by atomic mass is 10.0. The second-order valence-corrected chi connectivity index (χ2v) is 3.86. The molecular formula is C11H8ClNO4. The molecule has 5 nitrogen and oxygen atoms in total. The van der Waals surface area contributed by atoms with Crippen molar-refractivity contribution < 1.29 is 19.5 Å². The summed E-state index contributed by atoms with van der Waals surface area (Å²) in [6.07, 6.45) is 0. The van der Waals surface area contributed by atoms with Gasteiger partial charge in [-0.3, -0.25) is 0 Å². The van der Waals surface area contributed by atoms with Crippen molar-refractivity contribution in [3.05, 3.63) is 34.5 Å². The van der Waals surface area contributed by atoms with E-state index in [-0.39, 0.29) is 17.2 Å². The van der Waals surface area contributed by atoms with E-state index in [2.05, 4.69) is 9.68 Å². The Morgan fingerprint density at radius 1 is 1.47 bits per heavy atom. The average molecular weight is 254 g/mol. The second-order valence-electron chi connectivity index (χ2n) is 3.45. The van der Waals surface area contributed by atoms with E-state index in [0.717, 1.165) is 0 Å². The molecule has 0 aliphatic rings. The van der Waals surface area contributed by atoms with Crippen molar-refractivity contribution in [1.29, 1.82) is 0 Å². The maximum absolute atomic E-state index is 10.7. The summed E-state index contributed by atoms with van der Waals surface area (Å²) < 4.78 is 4.63. The third kappa shape index (κ3) is 1.97. The molecule has 0 amide bonds. The predicted octanol–water partition coefficient (Wildman–Crippen LogP) is 2.71. The van der Waals surface area contributed by atoms with Crippen LogP contribution in [0.15, 0.2) is 22.7 Å². The average Bonchev–Trinajstić information content (AvgIpc) is 2.73. The smallest absolute Gasteiger partial charge is 0.374 e. The number of aromatic carboxylic acids is 1. The number of aromatic nitrogens is 1. The summed E-state index contributed by atoms with van der Waals surface area (Å²) in [5, 5.41) is 22.5. The van der Waals surface area contributed by atoms with E-state index < -0.39 is 5.97 Å². The van der Waals surface area contributed by atoms with Gasteiger partial charge >= 0.3 is 5.97 Å². The number of aromatic hydroxyl groups is 1. The summed E-state index contributed by atoms with van der Waals surface area (Å²) >= 11 is 5.92. The number of carboxylic acids is 1. The molecule has 0 saturated carbocycles. The van der Waals surface area contributed by atoms with Crippen LogP contribution in [0, 0.1) is 6.92 Å². The molecule has 6 heteroatoms. The Labute approximate surface area is 101 Å². The van der Waals surface area contributed by atoms with E-state index in [9.17, 15) is 9.90 Å². The van der Waals surface area contributed by atoms with E-state index in [4.69, 9.17) is 16.7 Å². The van der Waals surface area contributed by atoms with E-state index in [1.807, 2.05) is 0 Å². The Hall–Kier alpha value is -2.01. The molecule has 2 N–H and O–H groups in total.